The lowest BCUT2D eigenvalue weighted by Gasteiger charge is -2.41. The zero-order valence-corrected chi connectivity index (χ0v) is 66.8. The van der Waals surface area contributed by atoms with Gasteiger partial charge in [-0.1, -0.05) is 93.6 Å². The largest absolute Gasteiger partial charge is 0.481 e. The average molecular weight is 1630 g/mol. The summed E-state index contributed by atoms with van der Waals surface area (Å²) in [5.74, 6) is 2.12. The smallest absolute Gasteiger partial charge is 0.373 e. The number of aliphatic carboxylic acids is 1. The van der Waals surface area contributed by atoms with Crippen LogP contribution >= 0.6 is 69.0 Å². The molecule has 8 aliphatic carbocycles. The Balaban J connectivity index is 0.000000125. The molecule has 0 radical (unpaired) electrons. The van der Waals surface area contributed by atoms with E-state index < -0.39 is 22.8 Å². The van der Waals surface area contributed by atoms with Crippen LogP contribution in [0.4, 0.5) is 4.39 Å². The minimum absolute atomic E-state index is 0.0170. The summed E-state index contributed by atoms with van der Waals surface area (Å²) >= 11 is 23.8. The lowest BCUT2D eigenvalue weighted by atomic mass is 9.73. The number of fused-ring (bicyclic) bond motifs is 6. The number of aliphatic hydroxyl groups is 3. The zero-order valence-electron chi connectivity index (χ0n) is 62.1. The van der Waals surface area contributed by atoms with Gasteiger partial charge in [-0.15, -0.1) is 22.7 Å². The first-order chi connectivity index (χ1) is 54.1. The molecule has 0 amide bonds. The number of carboxylic acids is 1. The van der Waals surface area contributed by atoms with Crippen molar-refractivity contribution in [3.63, 3.8) is 0 Å². The molecule has 4 bridgehead atoms. The van der Waals surface area contributed by atoms with Crippen LogP contribution in [0, 0.1) is 50.3 Å². The number of carbonyl (C=O) groups is 2. The summed E-state index contributed by atoms with van der Waals surface area (Å²) in [5.41, 5.74) is 10.9. The molecule has 0 spiro atoms. The van der Waals surface area contributed by atoms with E-state index in [4.69, 9.17) is 77.9 Å². The normalized spacial score (nSPS) is 25.1. The Labute approximate surface area is 673 Å². The molecule has 6 aromatic heterocycles. The van der Waals surface area contributed by atoms with Crippen LogP contribution in [0.25, 0.3) is 48.5 Å². The fraction of sp³-hybridized carbons (Fsp3) is 0.447. The van der Waals surface area contributed by atoms with Crippen LogP contribution in [-0.4, -0.2) is 91.6 Å². The third kappa shape index (κ3) is 15.5. The number of aldehydes is 1. The highest BCUT2D eigenvalue weighted by Gasteiger charge is 2.58. The van der Waals surface area contributed by atoms with Gasteiger partial charge in [0.25, 0.3) is 0 Å². The molecule has 584 valence electrons. The molecular formula is C85H85Cl3FN7O13S3. The molecule has 8 aliphatic rings. The van der Waals surface area contributed by atoms with Crippen LogP contribution < -0.4 is 0 Å². The van der Waals surface area contributed by atoms with E-state index in [0.29, 0.717) is 92.4 Å². The van der Waals surface area contributed by atoms with Gasteiger partial charge in [-0.05, 0) is 248 Å². The summed E-state index contributed by atoms with van der Waals surface area (Å²) < 4.78 is 53.3. The van der Waals surface area contributed by atoms with Gasteiger partial charge in [-0.3, -0.25) is 9.59 Å². The van der Waals surface area contributed by atoms with Gasteiger partial charge in [0.05, 0.1) is 97.9 Å². The van der Waals surface area contributed by atoms with E-state index in [-0.39, 0.29) is 60.4 Å². The standard InChI is InChI=1S/C29H29ClFN3O2S.C28H27ClN2O4S.C27H29ClN2O5S.CO2/c1-16-4-2-5-22(30)27(16)34-24(21(14-32-34)17-8-9-17)15-36-20-12-18-10-11-19(13-20)29(18,35)28-33-26-23(31)6-3-7-25(26)37-28;1-16-3-2-4-22(29)25(16)26-21(27(35-30-26)17-5-6-17)15-34-19-9-11-28(33,12-10-19)18-7-8-24-20(13-18)23(14-32)31-36-24;1-14-3-2-4-21(28)23(14)24-20(25(35-30-24)15-5-6-15)12-34-19-9-16-7-8-17(10-19)27(16,33)26-29-18(13-36-26)11-22(31)32;2-1-3/h2-7,14,17-20,35H,8-13,15H2,1H3;2-4,7-8,13-14,17,19,33H,5-6,9-12,15H2,1H3;2-4,13,15-17,19,33H,5-12H2,1H3,(H,31,32);/t18-,19+,20?,29?;;16-,17+,19?,27?;. The second-order valence-corrected chi connectivity index (χ2v) is 35.5. The first kappa shape index (κ1) is 78.1. The Bertz CT molecular complexity index is 5270. The van der Waals surface area contributed by atoms with Crippen LogP contribution in [0.3, 0.4) is 0 Å². The number of halogens is 4. The first-order valence-corrected chi connectivity index (χ1v) is 42.1. The van der Waals surface area contributed by atoms with Crippen molar-refractivity contribution in [3.8, 4) is 28.2 Å². The van der Waals surface area contributed by atoms with Gasteiger partial charge < -0.3 is 43.7 Å². The van der Waals surface area contributed by atoms with Crippen molar-refractivity contribution in [1.29, 1.82) is 0 Å². The van der Waals surface area contributed by atoms with Gasteiger partial charge in [0, 0.05) is 44.9 Å². The molecule has 20 nitrogen and oxygen atoms in total. The Morgan fingerprint density at radius 1 is 0.643 bits per heavy atom. The number of aromatic nitrogens is 7. The van der Waals surface area contributed by atoms with Crippen molar-refractivity contribution in [2.24, 2.45) is 23.7 Å². The molecule has 4 unspecified atom stereocenters. The Kier molecular flexibility index (Phi) is 22.7. The number of rotatable bonds is 21. The number of aryl methyl sites for hydroxylation is 3. The van der Waals surface area contributed by atoms with E-state index in [2.05, 4.69) is 37.6 Å². The molecule has 4 N–H and O–H groups in total. The molecular weight excluding hydrogens is 1550 g/mol. The predicted molar refractivity (Wildman–Crippen MR) is 422 cm³/mol. The van der Waals surface area contributed by atoms with Crippen molar-refractivity contribution < 1.29 is 67.3 Å². The summed E-state index contributed by atoms with van der Waals surface area (Å²) in [4.78, 5) is 47.8. The molecule has 19 rings (SSSR count). The predicted octanol–water partition coefficient (Wildman–Crippen LogP) is 19.3. The summed E-state index contributed by atoms with van der Waals surface area (Å²) in [7, 11) is 0. The molecule has 27 heteroatoms. The minimum Gasteiger partial charge on any atom is -0.481 e. The monoisotopic (exact) mass is 1630 g/mol. The van der Waals surface area contributed by atoms with Crippen LogP contribution in [0.1, 0.15) is 216 Å². The molecule has 11 aromatic rings. The SMILES string of the molecule is Cc1cccc(Cl)c1-c1noc(C2CC2)c1COC1CCC(O)(c2ccc3snc(C=O)c3c2)CC1.Cc1cccc(Cl)c1-c1noc(C2CC2)c1COC1C[C@H]2CC[C@@H](C1)C2(O)c1nc(CC(=O)O)cs1.Cc1cccc(Cl)c1-n1ncc(C2CC2)c1COC1C[C@H]2CC[C@@H](C1)C2(O)c1nc2c(F)cccc2s1.O=C=O. The third-order valence-corrected chi connectivity index (χ3v) is 28.4. The fourth-order valence-electron chi connectivity index (χ4n) is 18.1. The number of benzene rings is 5. The number of nitrogens with zero attached hydrogens (tertiary/aromatic N) is 7. The highest BCUT2D eigenvalue weighted by molar-refractivity contribution is 7.18. The van der Waals surface area contributed by atoms with Gasteiger partial charge in [-0.2, -0.15) is 19.1 Å². The Hall–Kier alpha value is -7.78. The van der Waals surface area contributed by atoms with Gasteiger partial charge in [-0.25, -0.2) is 19.0 Å². The van der Waals surface area contributed by atoms with Crippen LogP contribution in [0.15, 0.2) is 112 Å². The molecule has 6 heterocycles. The molecule has 8 saturated carbocycles. The number of hydrogen-bond donors (Lipinski definition) is 4. The molecule has 8 atom stereocenters. The Morgan fingerprint density at radius 3 is 1.70 bits per heavy atom. The van der Waals surface area contributed by atoms with Crippen molar-refractivity contribution in [2.45, 2.75) is 215 Å². The van der Waals surface area contributed by atoms with E-state index in [9.17, 15) is 29.3 Å². The summed E-state index contributed by atoms with van der Waals surface area (Å²) in [5, 5.41) is 63.7. The van der Waals surface area contributed by atoms with Gasteiger partial charge in [0.2, 0.25) is 0 Å². The molecule has 5 aromatic carbocycles. The number of hydrogen-bond acceptors (Lipinski definition) is 21. The third-order valence-electron chi connectivity index (χ3n) is 24.4. The molecule has 0 saturated heterocycles. The summed E-state index contributed by atoms with van der Waals surface area (Å²) in [6.45, 7) is 7.38. The van der Waals surface area contributed by atoms with E-state index in [1.54, 1.807) is 11.4 Å². The van der Waals surface area contributed by atoms with Crippen LogP contribution in [0.5, 0.6) is 0 Å². The van der Waals surface area contributed by atoms with Crippen molar-refractivity contribution >= 4 is 108 Å². The highest BCUT2D eigenvalue weighted by atomic mass is 35.5. The molecule has 112 heavy (non-hydrogen) atoms. The lowest BCUT2D eigenvalue weighted by molar-refractivity contribution is -0.191. The molecule has 8 fully saturated rings. The van der Waals surface area contributed by atoms with Crippen LogP contribution in [-0.2, 0) is 71.6 Å². The second kappa shape index (κ2) is 32.5. The van der Waals surface area contributed by atoms with Crippen LogP contribution in [0.2, 0.25) is 15.1 Å². The molecule has 0 aliphatic heterocycles. The van der Waals surface area contributed by atoms with Gasteiger partial charge >= 0.3 is 12.1 Å². The first-order valence-electron chi connectivity index (χ1n) is 38.5. The van der Waals surface area contributed by atoms with Crippen molar-refractivity contribution in [3.05, 3.63) is 201 Å². The van der Waals surface area contributed by atoms with Gasteiger partial charge in [0.15, 0.2) is 6.29 Å². The number of carboxylic acid groups (broad SMARTS) is 1. The minimum atomic E-state index is -1.01. The van der Waals surface area contributed by atoms with E-state index in [0.717, 1.165) is 190 Å². The second-order valence-electron chi connectivity index (χ2n) is 31.5. The van der Waals surface area contributed by atoms with E-state index >= 15 is 0 Å². The number of carbonyl (C=O) groups excluding carboxylic acids is 3. The maximum absolute atomic E-state index is 14.3. The van der Waals surface area contributed by atoms with E-state index in [1.165, 1.54) is 58.7 Å². The van der Waals surface area contributed by atoms with Gasteiger partial charge in [0.1, 0.15) is 61.2 Å². The average Bonchev–Trinajstić information content (AvgIpc) is 1.58. The van der Waals surface area contributed by atoms with Crippen molar-refractivity contribution in [2.75, 3.05) is 0 Å². The summed E-state index contributed by atoms with van der Waals surface area (Å²) in [6.07, 6.45) is 19.1. The lowest BCUT2D eigenvalue weighted by Crippen LogP contribution is -2.44. The van der Waals surface area contributed by atoms with Crippen molar-refractivity contribution in [1.82, 2.24) is 34.4 Å². The quantitative estimate of drug-likeness (QED) is 0.0486. The number of thiazole rings is 2. The number of ether oxygens (including phenoxy) is 3. The fourth-order valence-corrected chi connectivity index (χ4v) is 22.1. The highest BCUT2D eigenvalue weighted by Crippen LogP contribution is 2.59. The van der Waals surface area contributed by atoms with E-state index in [1.807, 2.05) is 97.5 Å². The maximum Gasteiger partial charge on any atom is 0.373 e. The Morgan fingerprint density at radius 2 is 1.17 bits per heavy atom. The topological polar surface area (TPSA) is 285 Å². The maximum atomic E-state index is 14.3. The summed E-state index contributed by atoms with van der Waals surface area (Å²) in [6, 6.07) is 28.4. The number of para-hydroxylation sites is 2. The zero-order chi connectivity index (χ0) is 77.9.